The number of piperazine rings is 1. The number of benzene rings is 1. The molecule has 0 saturated carbocycles. The van der Waals surface area contributed by atoms with E-state index in [1.54, 1.807) is 33.8 Å². The number of hydrogen-bond donors (Lipinski definition) is 1. The van der Waals surface area contributed by atoms with E-state index in [0.717, 1.165) is 30.9 Å². The maximum Gasteiger partial charge on any atom is 0.243 e. The van der Waals surface area contributed by atoms with Gasteiger partial charge in [0.05, 0.1) is 4.90 Å². The van der Waals surface area contributed by atoms with E-state index in [4.69, 9.17) is 0 Å². The number of amides is 1. The van der Waals surface area contributed by atoms with Crippen molar-refractivity contribution in [2.45, 2.75) is 24.3 Å². The lowest BCUT2D eigenvalue weighted by Crippen LogP contribution is -2.48. The molecule has 0 radical (unpaired) electrons. The zero-order chi connectivity index (χ0) is 18.1. The molecule has 1 aromatic carbocycles. The van der Waals surface area contributed by atoms with Crippen LogP contribution in [0.1, 0.15) is 17.5 Å². The second kappa shape index (κ2) is 7.11. The Balaban J connectivity index is 1.45. The van der Waals surface area contributed by atoms with Crippen molar-refractivity contribution in [3.05, 3.63) is 46.2 Å². The maximum atomic E-state index is 13.0. The van der Waals surface area contributed by atoms with Gasteiger partial charge < -0.3 is 5.32 Å². The number of fused-ring (bicyclic) bond motifs is 1. The number of nitrogens with zero attached hydrogens (tertiary/aromatic N) is 2. The van der Waals surface area contributed by atoms with Gasteiger partial charge in [-0.2, -0.15) is 15.6 Å². The van der Waals surface area contributed by atoms with Gasteiger partial charge in [0.2, 0.25) is 15.9 Å². The minimum Gasteiger partial charge on any atom is -0.326 e. The summed E-state index contributed by atoms with van der Waals surface area (Å²) in [6.45, 7) is 3.34. The Kier molecular flexibility index (Phi) is 4.83. The Morgan fingerprint density at radius 3 is 2.62 bits per heavy atom. The molecule has 1 N–H and O–H groups in total. The standard InChI is InChI=1S/C18H21N3O3S2/c22-18-4-1-15-11-16(2-3-17(15)19-18)26(23,24)21-8-6-20(7-9-21)12-14-5-10-25-13-14/h2-3,5,10-11,13H,1,4,6-9,12H2,(H,19,22). The second-order valence-corrected chi connectivity index (χ2v) is 9.40. The average molecular weight is 392 g/mol. The number of anilines is 1. The number of nitrogens with one attached hydrogen (secondary N) is 1. The Labute approximate surface area is 157 Å². The minimum absolute atomic E-state index is 0.0187. The van der Waals surface area contributed by atoms with Gasteiger partial charge in [0, 0.05) is 44.8 Å². The topological polar surface area (TPSA) is 69.7 Å². The molecule has 1 fully saturated rings. The highest BCUT2D eigenvalue weighted by Gasteiger charge is 2.29. The SMILES string of the molecule is O=C1CCc2cc(S(=O)(=O)N3CCN(Cc4ccsc4)CC3)ccc2N1. The molecule has 26 heavy (non-hydrogen) atoms. The molecule has 0 spiro atoms. The van der Waals surface area contributed by atoms with Gasteiger partial charge >= 0.3 is 0 Å². The molecule has 0 atom stereocenters. The molecule has 1 amide bonds. The molecule has 2 aliphatic rings. The predicted octanol–water partition coefficient (Wildman–Crippen LogP) is 2.14. The molecule has 8 heteroatoms. The molecule has 138 valence electrons. The molecular weight excluding hydrogens is 370 g/mol. The van der Waals surface area contributed by atoms with Gasteiger partial charge in [-0.05, 0) is 52.6 Å². The van der Waals surface area contributed by atoms with Crippen LogP contribution in [0.5, 0.6) is 0 Å². The van der Waals surface area contributed by atoms with Crippen molar-refractivity contribution in [2.75, 3.05) is 31.5 Å². The smallest absolute Gasteiger partial charge is 0.243 e. The Morgan fingerprint density at radius 1 is 1.08 bits per heavy atom. The van der Waals surface area contributed by atoms with E-state index < -0.39 is 10.0 Å². The normalized spacial score (nSPS) is 19.2. The number of hydrogen-bond acceptors (Lipinski definition) is 5. The molecule has 3 heterocycles. The van der Waals surface area contributed by atoms with Crippen LogP contribution < -0.4 is 5.32 Å². The third-order valence-corrected chi connectivity index (χ3v) is 7.55. The van der Waals surface area contributed by atoms with Gasteiger partial charge in [-0.3, -0.25) is 9.69 Å². The van der Waals surface area contributed by atoms with Crippen LogP contribution in [-0.2, 0) is 27.8 Å². The van der Waals surface area contributed by atoms with Crippen molar-refractivity contribution in [2.24, 2.45) is 0 Å². The molecule has 0 aliphatic carbocycles. The Morgan fingerprint density at radius 2 is 1.88 bits per heavy atom. The van der Waals surface area contributed by atoms with Crippen LogP contribution in [0.15, 0.2) is 39.9 Å². The van der Waals surface area contributed by atoms with Crippen molar-refractivity contribution >= 4 is 33.0 Å². The number of carbonyl (C=O) groups is 1. The van der Waals surface area contributed by atoms with E-state index in [9.17, 15) is 13.2 Å². The van der Waals surface area contributed by atoms with E-state index in [1.807, 2.05) is 0 Å². The monoisotopic (exact) mass is 391 g/mol. The summed E-state index contributed by atoms with van der Waals surface area (Å²) in [4.78, 5) is 14.1. The summed E-state index contributed by atoms with van der Waals surface area (Å²) < 4.78 is 27.5. The van der Waals surface area contributed by atoms with Gasteiger partial charge in [-0.1, -0.05) is 0 Å². The third-order valence-electron chi connectivity index (χ3n) is 4.93. The fourth-order valence-electron chi connectivity index (χ4n) is 3.44. The van der Waals surface area contributed by atoms with E-state index in [2.05, 4.69) is 27.0 Å². The Bertz CT molecular complexity index is 902. The highest BCUT2D eigenvalue weighted by molar-refractivity contribution is 7.89. The summed E-state index contributed by atoms with van der Waals surface area (Å²) >= 11 is 1.68. The van der Waals surface area contributed by atoms with Crippen LogP contribution in [0, 0.1) is 0 Å². The largest absolute Gasteiger partial charge is 0.326 e. The highest BCUT2D eigenvalue weighted by Crippen LogP contribution is 2.27. The molecule has 1 aromatic heterocycles. The van der Waals surface area contributed by atoms with E-state index in [0.29, 0.717) is 30.8 Å². The van der Waals surface area contributed by atoms with Crippen molar-refractivity contribution in [1.82, 2.24) is 9.21 Å². The van der Waals surface area contributed by atoms with E-state index >= 15 is 0 Å². The molecule has 6 nitrogen and oxygen atoms in total. The molecule has 2 aliphatic heterocycles. The summed E-state index contributed by atoms with van der Waals surface area (Å²) in [6.07, 6.45) is 0.983. The molecular formula is C18H21N3O3S2. The first kappa shape index (κ1) is 17.7. The first-order valence-corrected chi connectivity index (χ1v) is 11.1. The molecule has 1 saturated heterocycles. The van der Waals surface area contributed by atoms with Gasteiger partial charge in [0.15, 0.2) is 0 Å². The van der Waals surface area contributed by atoms with Gasteiger partial charge in [0.1, 0.15) is 0 Å². The quantitative estimate of drug-likeness (QED) is 0.867. The highest BCUT2D eigenvalue weighted by atomic mass is 32.2. The summed E-state index contributed by atoms with van der Waals surface area (Å²) in [5, 5.41) is 6.99. The molecule has 2 aromatic rings. The van der Waals surface area contributed by atoms with Crippen LogP contribution in [0.3, 0.4) is 0 Å². The zero-order valence-corrected chi connectivity index (χ0v) is 16.0. The van der Waals surface area contributed by atoms with Crippen LogP contribution in [0.4, 0.5) is 5.69 Å². The summed E-state index contributed by atoms with van der Waals surface area (Å²) in [6, 6.07) is 7.12. The number of aryl methyl sites for hydroxylation is 1. The number of carbonyl (C=O) groups excluding carboxylic acids is 1. The minimum atomic E-state index is -3.50. The summed E-state index contributed by atoms with van der Waals surface area (Å²) in [7, 11) is -3.50. The van der Waals surface area contributed by atoms with Crippen LogP contribution >= 0.6 is 11.3 Å². The van der Waals surface area contributed by atoms with E-state index in [-0.39, 0.29) is 5.91 Å². The lowest BCUT2D eigenvalue weighted by molar-refractivity contribution is -0.116. The first-order valence-electron chi connectivity index (χ1n) is 8.69. The summed E-state index contributed by atoms with van der Waals surface area (Å²) in [5.41, 5.74) is 2.89. The average Bonchev–Trinajstić information content (AvgIpc) is 3.14. The van der Waals surface area contributed by atoms with Crippen molar-refractivity contribution < 1.29 is 13.2 Å². The summed E-state index contributed by atoms with van der Waals surface area (Å²) in [5.74, 6) is -0.0187. The lowest BCUT2D eigenvalue weighted by Gasteiger charge is -2.34. The van der Waals surface area contributed by atoms with E-state index in [1.165, 1.54) is 5.56 Å². The third kappa shape index (κ3) is 3.55. The molecule has 0 unspecified atom stereocenters. The number of sulfonamides is 1. The van der Waals surface area contributed by atoms with Gasteiger partial charge in [-0.15, -0.1) is 0 Å². The van der Waals surface area contributed by atoms with Crippen molar-refractivity contribution in [1.29, 1.82) is 0 Å². The Hall–Kier alpha value is -1.74. The molecule has 4 rings (SSSR count). The van der Waals surface area contributed by atoms with Crippen LogP contribution in [-0.4, -0.2) is 49.7 Å². The fourth-order valence-corrected chi connectivity index (χ4v) is 5.57. The van der Waals surface area contributed by atoms with Crippen LogP contribution in [0.25, 0.3) is 0 Å². The molecule has 0 bridgehead atoms. The van der Waals surface area contributed by atoms with Crippen molar-refractivity contribution in [3.8, 4) is 0 Å². The predicted molar refractivity (Wildman–Crippen MR) is 102 cm³/mol. The first-order chi connectivity index (χ1) is 12.5. The maximum absolute atomic E-state index is 13.0. The number of thiophene rings is 1. The van der Waals surface area contributed by atoms with Gasteiger partial charge in [-0.25, -0.2) is 8.42 Å². The van der Waals surface area contributed by atoms with Crippen LogP contribution in [0.2, 0.25) is 0 Å². The van der Waals surface area contributed by atoms with Gasteiger partial charge in [0.25, 0.3) is 0 Å². The zero-order valence-electron chi connectivity index (χ0n) is 14.3. The van der Waals surface area contributed by atoms with Crippen molar-refractivity contribution in [3.63, 3.8) is 0 Å². The number of rotatable bonds is 4. The lowest BCUT2D eigenvalue weighted by atomic mass is 10.0. The second-order valence-electron chi connectivity index (χ2n) is 6.68. The fraction of sp³-hybridized carbons (Fsp3) is 0.389.